The molecule has 0 radical (unpaired) electrons. The molecule has 182 valence electrons. The predicted molar refractivity (Wildman–Crippen MR) is 143 cm³/mol. The molecular weight excluding hydrogens is 476 g/mol. The second kappa shape index (κ2) is 9.64. The Bertz CT molecular complexity index is 1560. The third-order valence-electron chi connectivity index (χ3n) is 6.41. The van der Waals surface area contributed by atoms with E-state index < -0.39 is 0 Å². The Balaban J connectivity index is 1.33. The molecule has 1 aliphatic rings. The fraction of sp³-hybridized carbons (Fsp3) is 0.222. The smallest absolute Gasteiger partial charge is 0.261 e. The van der Waals surface area contributed by atoms with Crippen LogP contribution in [0.5, 0.6) is 5.88 Å². The number of hydrogen-bond acceptors (Lipinski definition) is 6. The molecule has 5 aromatic rings. The van der Waals surface area contributed by atoms with E-state index in [-0.39, 0.29) is 11.7 Å². The molecule has 2 aromatic carbocycles. The highest BCUT2D eigenvalue weighted by Gasteiger charge is 2.19. The number of aromatic amines is 2. The zero-order chi connectivity index (χ0) is 24.5. The summed E-state index contributed by atoms with van der Waals surface area (Å²) in [4.78, 5) is 28.7. The van der Waals surface area contributed by atoms with Gasteiger partial charge >= 0.3 is 0 Å². The van der Waals surface area contributed by atoms with E-state index in [1.165, 1.54) is 0 Å². The van der Waals surface area contributed by atoms with Gasteiger partial charge in [0.1, 0.15) is 17.5 Å². The maximum absolute atomic E-state index is 13.3. The molecule has 8 nitrogen and oxygen atoms in total. The highest BCUT2D eigenvalue weighted by molar-refractivity contribution is 6.31. The number of aromatic nitrogens is 4. The average molecular weight is 501 g/mol. The topological polar surface area (TPSA) is 108 Å². The van der Waals surface area contributed by atoms with Crippen LogP contribution in [0.15, 0.2) is 65.6 Å². The van der Waals surface area contributed by atoms with Crippen LogP contribution in [0.2, 0.25) is 5.02 Å². The van der Waals surface area contributed by atoms with Crippen molar-refractivity contribution in [1.29, 1.82) is 0 Å². The molecule has 1 unspecified atom stereocenters. The number of ether oxygens (including phenoxy) is 1. The lowest BCUT2D eigenvalue weighted by Gasteiger charge is -2.23. The number of rotatable bonds is 6. The van der Waals surface area contributed by atoms with Crippen LogP contribution in [-0.2, 0) is 6.54 Å². The Hall–Kier alpha value is -3.88. The number of fused-ring (bicyclic) bond motifs is 2. The van der Waals surface area contributed by atoms with E-state index >= 15 is 0 Å². The third-order valence-corrected chi connectivity index (χ3v) is 6.64. The molecule has 0 saturated carbocycles. The summed E-state index contributed by atoms with van der Waals surface area (Å²) in [5.74, 6) is 1.12. The molecule has 0 spiro atoms. The van der Waals surface area contributed by atoms with E-state index in [1.54, 1.807) is 12.3 Å². The third kappa shape index (κ3) is 4.53. The van der Waals surface area contributed by atoms with Crippen molar-refractivity contribution < 1.29 is 4.74 Å². The van der Waals surface area contributed by atoms with Crippen molar-refractivity contribution in [3.8, 4) is 17.3 Å². The Morgan fingerprint density at radius 3 is 2.81 bits per heavy atom. The molecule has 4 N–H and O–H groups in total. The van der Waals surface area contributed by atoms with Gasteiger partial charge < -0.3 is 25.3 Å². The van der Waals surface area contributed by atoms with Crippen molar-refractivity contribution in [3.63, 3.8) is 0 Å². The van der Waals surface area contributed by atoms with Crippen LogP contribution in [0.25, 0.3) is 33.3 Å². The van der Waals surface area contributed by atoms with Gasteiger partial charge in [-0.25, -0.2) is 9.97 Å². The standard InChI is InChI=1S/C27H25ClN6O2/c28-17-8-9-19-22(12-17)34-27(35)24(26-32-20-5-1-2-6-21(20)33-26)25(19)31-14-16-7-10-23(30-13-16)36-18-4-3-11-29-15-18/h1-2,5-10,12-13,18,29H,3-4,11,14-15H2,(H,32,33)(H2,31,34,35). The van der Waals surface area contributed by atoms with Gasteiger partial charge in [0.2, 0.25) is 5.88 Å². The number of nitrogens with zero attached hydrogens (tertiary/aromatic N) is 2. The predicted octanol–water partition coefficient (Wildman–Crippen LogP) is 4.86. The summed E-state index contributed by atoms with van der Waals surface area (Å²) in [5.41, 5.74) is 4.13. The largest absolute Gasteiger partial charge is 0.473 e. The zero-order valence-corrected chi connectivity index (χ0v) is 20.2. The maximum atomic E-state index is 13.3. The number of halogens is 1. The van der Waals surface area contributed by atoms with E-state index in [0.717, 1.165) is 47.9 Å². The number of piperidine rings is 1. The van der Waals surface area contributed by atoms with Crippen LogP contribution in [-0.4, -0.2) is 39.1 Å². The number of anilines is 1. The molecule has 9 heteroatoms. The molecule has 36 heavy (non-hydrogen) atoms. The Morgan fingerprint density at radius 2 is 2.00 bits per heavy atom. The molecule has 3 aromatic heterocycles. The van der Waals surface area contributed by atoms with E-state index in [4.69, 9.17) is 16.3 Å². The second-order valence-corrected chi connectivity index (χ2v) is 9.38. The molecule has 4 heterocycles. The minimum atomic E-state index is -0.255. The van der Waals surface area contributed by atoms with Crippen LogP contribution in [0, 0.1) is 0 Å². The summed E-state index contributed by atoms with van der Waals surface area (Å²) < 4.78 is 6.00. The first-order valence-corrected chi connectivity index (χ1v) is 12.4. The molecule has 1 saturated heterocycles. The quantitative estimate of drug-likeness (QED) is 0.265. The van der Waals surface area contributed by atoms with Crippen LogP contribution >= 0.6 is 11.6 Å². The summed E-state index contributed by atoms with van der Waals surface area (Å²) in [7, 11) is 0. The fourth-order valence-electron chi connectivity index (χ4n) is 4.62. The van der Waals surface area contributed by atoms with E-state index in [0.29, 0.717) is 40.0 Å². The van der Waals surface area contributed by atoms with Gasteiger partial charge in [0.25, 0.3) is 5.56 Å². The van der Waals surface area contributed by atoms with Crippen molar-refractivity contribution in [2.75, 3.05) is 18.4 Å². The minimum Gasteiger partial charge on any atom is -0.473 e. The van der Waals surface area contributed by atoms with Crippen LogP contribution in [0.1, 0.15) is 18.4 Å². The van der Waals surface area contributed by atoms with Gasteiger partial charge in [-0.3, -0.25) is 4.79 Å². The minimum absolute atomic E-state index is 0.149. The van der Waals surface area contributed by atoms with Crippen LogP contribution in [0.4, 0.5) is 5.69 Å². The van der Waals surface area contributed by atoms with E-state index in [9.17, 15) is 4.79 Å². The number of benzene rings is 2. The van der Waals surface area contributed by atoms with Crippen molar-refractivity contribution in [1.82, 2.24) is 25.3 Å². The Labute approximate surface area is 212 Å². The molecule has 0 bridgehead atoms. The van der Waals surface area contributed by atoms with Gasteiger partial charge in [-0.15, -0.1) is 0 Å². The van der Waals surface area contributed by atoms with Gasteiger partial charge in [0, 0.05) is 35.8 Å². The summed E-state index contributed by atoms with van der Waals surface area (Å²) in [5, 5.41) is 8.20. The molecule has 1 aliphatic heterocycles. The normalized spacial score (nSPS) is 15.9. The van der Waals surface area contributed by atoms with Crippen molar-refractivity contribution in [3.05, 3.63) is 81.7 Å². The first kappa shape index (κ1) is 22.6. The molecule has 0 aliphatic carbocycles. The van der Waals surface area contributed by atoms with Gasteiger partial charge in [-0.1, -0.05) is 29.8 Å². The first-order chi connectivity index (χ1) is 17.6. The monoisotopic (exact) mass is 500 g/mol. The van der Waals surface area contributed by atoms with Gasteiger partial charge in [-0.05, 0) is 55.3 Å². The highest BCUT2D eigenvalue weighted by Crippen LogP contribution is 2.32. The molecule has 1 fully saturated rings. The molecule has 6 rings (SSSR count). The Kier molecular flexibility index (Phi) is 6.04. The second-order valence-electron chi connectivity index (χ2n) is 8.94. The van der Waals surface area contributed by atoms with E-state index in [1.807, 2.05) is 48.5 Å². The molecule has 1 atom stereocenters. The van der Waals surface area contributed by atoms with Crippen molar-refractivity contribution in [2.45, 2.75) is 25.5 Å². The summed E-state index contributed by atoms with van der Waals surface area (Å²) in [6, 6.07) is 17.0. The summed E-state index contributed by atoms with van der Waals surface area (Å²) >= 11 is 6.21. The van der Waals surface area contributed by atoms with Crippen LogP contribution in [0.3, 0.4) is 0 Å². The summed E-state index contributed by atoms with van der Waals surface area (Å²) in [6.07, 6.45) is 4.08. The SMILES string of the molecule is O=c1[nH]c2cc(Cl)ccc2c(NCc2ccc(OC3CCCNC3)nc2)c1-c1nc2ccccc2[nH]1. The number of imidazole rings is 1. The lowest BCUT2D eigenvalue weighted by molar-refractivity contribution is 0.160. The van der Waals surface area contributed by atoms with Crippen molar-refractivity contribution in [2.24, 2.45) is 0 Å². The van der Waals surface area contributed by atoms with Crippen LogP contribution < -0.4 is 20.9 Å². The maximum Gasteiger partial charge on any atom is 0.261 e. The Morgan fingerprint density at radius 1 is 1.08 bits per heavy atom. The first-order valence-electron chi connectivity index (χ1n) is 12.0. The lowest BCUT2D eigenvalue weighted by Crippen LogP contribution is -2.37. The number of pyridine rings is 2. The van der Waals surface area contributed by atoms with Crippen molar-refractivity contribution >= 4 is 39.2 Å². The van der Waals surface area contributed by atoms with Gasteiger partial charge in [-0.2, -0.15) is 0 Å². The highest BCUT2D eigenvalue weighted by atomic mass is 35.5. The number of hydrogen-bond donors (Lipinski definition) is 4. The van der Waals surface area contributed by atoms with E-state index in [2.05, 4.69) is 30.6 Å². The fourth-order valence-corrected chi connectivity index (χ4v) is 4.79. The molecular formula is C27H25ClN6O2. The number of para-hydroxylation sites is 2. The van der Waals surface area contributed by atoms with Gasteiger partial charge in [0.15, 0.2) is 0 Å². The zero-order valence-electron chi connectivity index (χ0n) is 19.5. The number of nitrogens with one attached hydrogen (secondary N) is 4. The molecule has 0 amide bonds. The van der Waals surface area contributed by atoms with Gasteiger partial charge in [0.05, 0.1) is 22.2 Å². The average Bonchev–Trinajstić information content (AvgIpc) is 3.32. The lowest BCUT2D eigenvalue weighted by atomic mass is 10.1. The summed E-state index contributed by atoms with van der Waals surface area (Å²) in [6.45, 7) is 2.35. The number of H-pyrrole nitrogens is 2.